The Morgan fingerprint density at radius 3 is 2.83 bits per heavy atom. The highest BCUT2D eigenvalue weighted by Gasteiger charge is 2.05. The number of hydrogen-bond donors (Lipinski definition) is 2. The van der Waals surface area contributed by atoms with Gasteiger partial charge in [0.05, 0.1) is 12.2 Å². The first-order valence-corrected chi connectivity index (χ1v) is 3.33. The summed E-state index contributed by atoms with van der Waals surface area (Å²) in [6.07, 6.45) is 0. The minimum Gasteiger partial charge on any atom is -0.392 e. The largest absolute Gasteiger partial charge is 0.392 e. The van der Waals surface area contributed by atoms with E-state index < -0.39 is 5.97 Å². The maximum absolute atomic E-state index is 10.7. The summed E-state index contributed by atoms with van der Waals surface area (Å²) in [5.41, 5.74) is 0.807. The molecule has 4 nitrogen and oxygen atoms in total. The van der Waals surface area contributed by atoms with Crippen molar-refractivity contribution >= 4 is 5.97 Å². The van der Waals surface area contributed by atoms with Crippen molar-refractivity contribution < 1.29 is 20.0 Å². The lowest BCUT2D eigenvalue weighted by molar-refractivity contribution is -0.182. The van der Waals surface area contributed by atoms with Crippen LogP contribution in [0.25, 0.3) is 0 Å². The van der Waals surface area contributed by atoms with Crippen molar-refractivity contribution in [1.82, 2.24) is 0 Å². The van der Waals surface area contributed by atoms with Crippen LogP contribution in [0.3, 0.4) is 0 Å². The number of rotatable bonds is 2. The summed E-state index contributed by atoms with van der Waals surface area (Å²) in [5, 5.41) is 16.7. The lowest BCUT2D eigenvalue weighted by Crippen LogP contribution is -2.01. The molecule has 1 aromatic carbocycles. The van der Waals surface area contributed by atoms with Gasteiger partial charge in [0, 0.05) is 0 Å². The number of aliphatic hydroxyl groups excluding tert-OH is 1. The summed E-state index contributed by atoms with van der Waals surface area (Å²) in [6, 6.07) is 6.18. The number of benzene rings is 1. The summed E-state index contributed by atoms with van der Waals surface area (Å²) < 4.78 is 0. The predicted octanol–water partition coefficient (Wildman–Crippen LogP) is 0.809. The molecule has 0 bridgehead atoms. The molecule has 0 aliphatic carbocycles. The third kappa shape index (κ3) is 1.81. The van der Waals surface area contributed by atoms with Crippen LogP contribution in [-0.4, -0.2) is 16.3 Å². The molecule has 0 aliphatic heterocycles. The van der Waals surface area contributed by atoms with Gasteiger partial charge in [-0.15, -0.1) is 0 Å². The molecule has 0 saturated heterocycles. The van der Waals surface area contributed by atoms with Crippen LogP contribution >= 0.6 is 0 Å². The van der Waals surface area contributed by atoms with E-state index in [2.05, 4.69) is 4.89 Å². The minimum atomic E-state index is -0.828. The van der Waals surface area contributed by atoms with Gasteiger partial charge in [0.15, 0.2) is 0 Å². The highest BCUT2D eigenvalue weighted by Crippen LogP contribution is 2.05. The molecule has 0 fully saturated rings. The SMILES string of the molecule is O=C(OO)c1cccc(CO)c1. The van der Waals surface area contributed by atoms with Gasteiger partial charge < -0.3 is 5.11 Å². The van der Waals surface area contributed by atoms with Crippen LogP contribution < -0.4 is 0 Å². The Morgan fingerprint density at radius 1 is 1.50 bits per heavy atom. The Labute approximate surface area is 69.0 Å². The van der Waals surface area contributed by atoms with Gasteiger partial charge in [0.1, 0.15) is 0 Å². The maximum Gasteiger partial charge on any atom is 0.372 e. The van der Waals surface area contributed by atoms with Gasteiger partial charge in [0.2, 0.25) is 0 Å². The Bertz CT molecular complexity index is 282. The zero-order valence-electron chi connectivity index (χ0n) is 6.23. The Balaban J connectivity index is 2.93. The average molecular weight is 168 g/mol. The lowest BCUT2D eigenvalue weighted by atomic mass is 10.1. The van der Waals surface area contributed by atoms with Crippen molar-refractivity contribution in [1.29, 1.82) is 0 Å². The van der Waals surface area contributed by atoms with Crippen LogP contribution in [0.15, 0.2) is 24.3 Å². The zero-order valence-corrected chi connectivity index (χ0v) is 6.23. The third-order valence-corrected chi connectivity index (χ3v) is 1.43. The molecular formula is C8H8O4. The van der Waals surface area contributed by atoms with Crippen molar-refractivity contribution in [2.24, 2.45) is 0 Å². The zero-order chi connectivity index (χ0) is 8.97. The highest BCUT2D eigenvalue weighted by atomic mass is 17.1. The first-order chi connectivity index (χ1) is 5.77. The van der Waals surface area contributed by atoms with Crippen molar-refractivity contribution in [3.05, 3.63) is 35.4 Å². The van der Waals surface area contributed by atoms with Gasteiger partial charge in [-0.25, -0.2) is 4.79 Å². The topological polar surface area (TPSA) is 66.8 Å². The molecule has 4 heteroatoms. The Morgan fingerprint density at radius 2 is 2.25 bits per heavy atom. The minimum absolute atomic E-state index is 0.146. The van der Waals surface area contributed by atoms with E-state index in [-0.39, 0.29) is 12.2 Å². The Kier molecular flexibility index (Phi) is 2.79. The van der Waals surface area contributed by atoms with Crippen LogP contribution in [0.4, 0.5) is 0 Å². The summed E-state index contributed by atoms with van der Waals surface area (Å²) in [7, 11) is 0. The summed E-state index contributed by atoms with van der Waals surface area (Å²) in [5.74, 6) is -0.828. The van der Waals surface area contributed by atoms with E-state index in [9.17, 15) is 4.79 Å². The normalized spacial score (nSPS) is 9.50. The molecule has 1 rings (SSSR count). The van der Waals surface area contributed by atoms with E-state index in [1.54, 1.807) is 12.1 Å². The summed E-state index contributed by atoms with van der Waals surface area (Å²) >= 11 is 0. The molecule has 0 aromatic heterocycles. The maximum atomic E-state index is 10.7. The first-order valence-electron chi connectivity index (χ1n) is 3.33. The van der Waals surface area contributed by atoms with E-state index in [1.165, 1.54) is 12.1 Å². The fourth-order valence-electron chi connectivity index (χ4n) is 0.849. The Hall–Kier alpha value is -1.39. The molecule has 1 aromatic rings. The van der Waals surface area contributed by atoms with Crippen LogP contribution in [0, 0.1) is 0 Å². The second-order valence-electron chi connectivity index (χ2n) is 2.24. The van der Waals surface area contributed by atoms with Crippen molar-refractivity contribution in [2.45, 2.75) is 6.61 Å². The predicted molar refractivity (Wildman–Crippen MR) is 40.4 cm³/mol. The number of hydrogen-bond acceptors (Lipinski definition) is 4. The molecule has 0 amide bonds. The van der Waals surface area contributed by atoms with Crippen LogP contribution in [0.2, 0.25) is 0 Å². The number of carbonyl (C=O) groups is 1. The molecule has 64 valence electrons. The van der Waals surface area contributed by atoms with E-state index in [0.29, 0.717) is 5.56 Å². The number of aliphatic hydroxyl groups is 1. The van der Waals surface area contributed by atoms with Gasteiger partial charge in [-0.3, -0.25) is 4.89 Å². The van der Waals surface area contributed by atoms with Crippen LogP contribution in [0.1, 0.15) is 15.9 Å². The van der Waals surface area contributed by atoms with Crippen LogP contribution in [0.5, 0.6) is 0 Å². The molecule has 0 aliphatic rings. The molecule has 2 N–H and O–H groups in total. The van der Waals surface area contributed by atoms with Crippen molar-refractivity contribution in [2.75, 3.05) is 0 Å². The first kappa shape index (κ1) is 8.70. The van der Waals surface area contributed by atoms with E-state index >= 15 is 0 Å². The summed E-state index contributed by atoms with van der Waals surface area (Å²) in [4.78, 5) is 14.2. The molecule has 0 saturated carbocycles. The van der Waals surface area contributed by atoms with Gasteiger partial charge >= 0.3 is 5.97 Å². The van der Waals surface area contributed by atoms with E-state index in [1.807, 2.05) is 0 Å². The van der Waals surface area contributed by atoms with E-state index in [0.717, 1.165) is 0 Å². The molecule has 12 heavy (non-hydrogen) atoms. The standard InChI is InChI=1S/C8H8O4/c9-5-6-2-1-3-7(4-6)8(10)12-11/h1-4,9,11H,5H2. The quantitative estimate of drug-likeness (QED) is 0.506. The van der Waals surface area contributed by atoms with Gasteiger partial charge in [-0.05, 0) is 17.7 Å². The van der Waals surface area contributed by atoms with Crippen LogP contribution in [-0.2, 0) is 11.5 Å². The second-order valence-corrected chi connectivity index (χ2v) is 2.24. The fraction of sp³-hybridized carbons (Fsp3) is 0.125. The van der Waals surface area contributed by atoms with Crippen molar-refractivity contribution in [3.63, 3.8) is 0 Å². The lowest BCUT2D eigenvalue weighted by Gasteiger charge is -1.98. The molecule has 0 atom stereocenters. The smallest absolute Gasteiger partial charge is 0.372 e. The fourth-order valence-corrected chi connectivity index (χ4v) is 0.849. The molecule has 0 unspecified atom stereocenters. The third-order valence-electron chi connectivity index (χ3n) is 1.43. The van der Waals surface area contributed by atoms with Gasteiger partial charge in [-0.1, -0.05) is 12.1 Å². The van der Waals surface area contributed by atoms with E-state index in [4.69, 9.17) is 10.4 Å². The second kappa shape index (κ2) is 3.85. The average Bonchev–Trinajstić information content (AvgIpc) is 2.17. The van der Waals surface area contributed by atoms with Crippen molar-refractivity contribution in [3.8, 4) is 0 Å². The molecule has 0 radical (unpaired) electrons. The van der Waals surface area contributed by atoms with Gasteiger partial charge in [0.25, 0.3) is 0 Å². The molecular weight excluding hydrogens is 160 g/mol. The van der Waals surface area contributed by atoms with Gasteiger partial charge in [-0.2, -0.15) is 5.26 Å². The highest BCUT2D eigenvalue weighted by molar-refractivity contribution is 5.89. The summed E-state index contributed by atoms with van der Waals surface area (Å²) in [6.45, 7) is -0.146. The number of carbonyl (C=O) groups excluding carboxylic acids is 1. The molecule has 0 heterocycles. The molecule has 0 spiro atoms. The monoisotopic (exact) mass is 168 g/mol.